The molecule has 3 rings (SSSR count). The molecule has 8 heteroatoms. The number of thiazole rings is 1. The Kier molecular flexibility index (Phi) is 4.33. The average molecular weight is 360 g/mol. The van der Waals surface area contributed by atoms with Crippen LogP contribution in [0.3, 0.4) is 0 Å². The summed E-state index contributed by atoms with van der Waals surface area (Å²) in [6.07, 6.45) is 1.60. The number of aromatic hydroxyl groups is 1. The first-order chi connectivity index (χ1) is 11.4. The van der Waals surface area contributed by atoms with Crippen LogP contribution in [0.5, 0.6) is 5.88 Å². The van der Waals surface area contributed by atoms with E-state index in [-0.39, 0.29) is 15.8 Å². The molecule has 0 unspecified atom stereocenters. The van der Waals surface area contributed by atoms with Crippen molar-refractivity contribution in [3.63, 3.8) is 0 Å². The third-order valence-corrected chi connectivity index (χ3v) is 4.94. The Bertz CT molecular complexity index is 981. The molecule has 0 bridgehead atoms. The van der Waals surface area contributed by atoms with Gasteiger partial charge in [0.1, 0.15) is 0 Å². The van der Waals surface area contributed by atoms with E-state index in [9.17, 15) is 15.0 Å². The molecule has 0 radical (unpaired) electrons. The molecule has 1 N–H and O–H groups in total. The molecule has 1 aromatic carbocycles. The lowest BCUT2D eigenvalue weighted by Gasteiger charge is -2.24. The highest BCUT2D eigenvalue weighted by molar-refractivity contribution is 7.73. The molecule has 0 spiro atoms. The number of para-hydroxylation sites is 2. The Labute approximate surface area is 146 Å². The lowest BCUT2D eigenvalue weighted by molar-refractivity contribution is -0.311. The molecule has 1 aliphatic heterocycles. The second-order valence-electron chi connectivity index (χ2n) is 5.65. The SMILES string of the molecule is CC(C)[C@@H](C(=O)[O-])n1c(O)c(C=C2N=c3ccccc3=N2)sc1=S. The quantitative estimate of drug-likeness (QED) is 0.829. The Balaban J connectivity index is 2.08. The van der Waals surface area contributed by atoms with E-state index in [1.165, 1.54) is 4.57 Å². The fraction of sp³-hybridized carbons (Fsp3) is 0.250. The van der Waals surface area contributed by atoms with Gasteiger partial charge in [0.25, 0.3) is 0 Å². The number of carboxylic acid groups (broad SMARTS) is 1. The summed E-state index contributed by atoms with van der Waals surface area (Å²) in [6.45, 7) is 3.46. The third-order valence-electron chi connectivity index (χ3n) is 3.61. The molecule has 24 heavy (non-hydrogen) atoms. The van der Waals surface area contributed by atoms with Gasteiger partial charge in [-0.05, 0) is 30.3 Å². The summed E-state index contributed by atoms with van der Waals surface area (Å²) in [5, 5.41) is 23.4. The van der Waals surface area contributed by atoms with Gasteiger partial charge in [0.2, 0.25) is 5.88 Å². The van der Waals surface area contributed by atoms with Crippen LogP contribution in [0.2, 0.25) is 0 Å². The summed E-state index contributed by atoms with van der Waals surface area (Å²) in [5.41, 5.74) is 0. The van der Waals surface area contributed by atoms with Gasteiger partial charge >= 0.3 is 0 Å². The third kappa shape index (κ3) is 2.90. The number of carbonyl (C=O) groups excluding carboxylic acids is 1. The van der Waals surface area contributed by atoms with E-state index < -0.39 is 12.0 Å². The summed E-state index contributed by atoms with van der Waals surface area (Å²) in [5.74, 6) is -1.34. The minimum atomic E-state index is -1.28. The molecule has 0 amide bonds. The second kappa shape index (κ2) is 6.29. The highest BCUT2D eigenvalue weighted by Gasteiger charge is 2.23. The Morgan fingerprint density at radius 2 is 1.92 bits per heavy atom. The Morgan fingerprint density at radius 3 is 2.42 bits per heavy atom. The minimum Gasteiger partial charge on any atom is -0.548 e. The molecular weight excluding hydrogens is 346 g/mol. The zero-order valence-electron chi connectivity index (χ0n) is 13.0. The molecule has 1 atom stereocenters. The molecule has 0 aliphatic carbocycles. The summed E-state index contributed by atoms with van der Waals surface area (Å²) >= 11 is 6.34. The number of benzene rings is 1. The lowest BCUT2D eigenvalue weighted by Crippen LogP contribution is -2.36. The number of aromatic nitrogens is 1. The molecule has 1 aromatic heterocycles. The van der Waals surface area contributed by atoms with Crippen molar-refractivity contribution in [1.82, 2.24) is 4.57 Å². The monoisotopic (exact) mass is 360 g/mol. The summed E-state index contributed by atoms with van der Waals surface area (Å²) < 4.78 is 1.48. The highest BCUT2D eigenvalue weighted by Crippen LogP contribution is 2.34. The van der Waals surface area contributed by atoms with E-state index >= 15 is 0 Å². The van der Waals surface area contributed by atoms with Gasteiger partial charge in [-0.15, -0.1) is 11.3 Å². The largest absolute Gasteiger partial charge is 0.548 e. The van der Waals surface area contributed by atoms with Crippen LogP contribution in [0.25, 0.3) is 6.08 Å². The predicted molar refractivity (Wildman–Crippen MR) is 90.4 cm³/mol. The maximum absolute atomic E-state index is 11.4. The van der Waals surface area contributed by atoms with Gasteiger partial charge in [-0.25, -0.2) is 9.98 Å². The molecule has 1 aliphatic rings. The number of aliphatic carboxylic acids is 1. The molecule has 6 nitrogen and oxygen atoms in total. The zero-order valence-corrected chi connectivity index (χ0v) is 14.6. The summed E-state index contributed by atoms with van der Waals surface area (Å²) in [6, 6.07) is 6.39. The van der Waals surface area contributed by atoms with Crippen molar-refractivity contribution < 1.29 is 15.0 Å². The van der Waals surface area contributed by atoms with E-state index in [0.717, 1.165) is 22.1 Å². The number of hydrogen-bond acceptors (Lipinski definition) is 7. The summed E-state index contributed by atoms with van der Waals surface area (Å²) in [7, 11) is 0. The zero-order chi connectivity index (χ0) is 17.4. The number of carbonyl (C=O) groups is 1. The van der Waals surface area contributed by atoms with E-state index in [1.807, 2.05) is 24.3 Å². The van der Waals surface area contributed by atoms with Crippen LogP contribution in [0.1, 0.15) is 24.8 Å². The highest BCUT2D eigenvalue weighted by atomic mass is 32.1. The molecule has 0 fully saturated rings. The topological polar surface area (TPSA) is 90.0 Å². The van der Waals surface area contributed by atoms with Gasteiger partial charge < -0.3 is 15.0 Å². The van der Waals surface area contributed by atoms with Crippen molar-refractivity contribution in [2.45, 2.75) is 19.9 Å². The van der Waals surface area contributed by atoms with Gasteiger partial charge in [0.15, 0.2) is 9.78 Å². The number of fused-ring (bicyclic) bond motifs is 1. The van der Waals surface area contributed by atoms with Crippen molar-refractivity contribution in [3.05, 3.63) is 49.6 Å². The van der Waals surface area contributed by atoms with Crippen LogP contribution in [0.15, 0.2) is 40.1 Å². The van der Waals surface area contributed by atoms with E-state index in [0.29, 0.717) is 10.7 Å². The molecule has 124 valence electrons. The maximum Gasteiger partial charge on any atom is 0.211 e. The first-order valence-electron chi connectivity index (χ1n) is 7.28. The van der Waals surface area contributed by atoms with Gasteiger partial charge in [-0.2, -0.15) is 0 Å². The Hall–Kier alpha value is -2.32. The van der Waals surface area contributed by atoms with Gasteiger partial charge in [0.05, 0.1) is 27.6 Å². The molecule has 2 aromatic rings. The maximum atomic E-state index is 11.4. The predicted octanol–water partition coefficient (Wildman–Crippen LogP) is 1.18. The van der Waals surface area contributed by atoms with Gasteiger partial charge in [-0.3, -0.25) is 4.57 Å². The first-order valence-corrected chi connectivity index (χ1v) is 8.50. The van der Waals surface area contributed by atoms with E-state index in [1.54, 1.807) is 19.9 Å². The fourth-order valence-corrected chi connectivity index (χ4v) is 3.83. The van der Waals surface area contributed by atoms with Crippen LogP contribution in [-0.4, -0.2) is 15.6 Å². The number of hydrogen-bond donors (Lipinski definition) is 1. The lowest BCUT2D eigenvalue weighted by atomic mass is 10.0. The van der Waals surface area contributed by atoms with Crippen LogP contribution in [-0.2, 0) is 4.79 Å². The van der Waals surface area contributed by atoms with E-state index in [2.05, 4.69) is 9.98 Å². The smallest absolute Gasteiger partial charge is 0.211 e. The van der Waals surface area contributed by atoms with Crippen molar-refractivity contribution in [3.8, 4) is 5.88 Å². The second-order valence-corrected chi connectivity index (χ2v) is 7.32. The van der Waals surface area contributed by atoms with Crippen molar-refractivity contribution in [1.29, 1.82) is 0 Å². The first kappa shape index (κ1) is 16.5. The normalized spacial score (nSPS) is 14.0. The van der Waals surface area contributed by atoms with Crippen LogP contribution in [0.4, 0.5) is 0 Å². The number of rotatable bonds is 4. The van der Waals surface area contributed by atoms with Crippen LogP contribution < -0.4 is 15.8 Å². The van der Waals surface area contributed by atoms with E-state index in [4.69, 9.17) is 12.2 Å². The molecular formula is C16H14N3O3S2-. The van der Waals surface area contributed by atoms with Crippen LogP contribution >= 0.6 is 23.6 Å². The van der Waals surface area contributed by atoms with Crippen molar-refractivity contribution in [2.24, 2.45) is 15.9 Å². The number of carboxylic acids is 1. The number of nitrogens with zero attached hydrogens (tertiary/aromatic N) is 3. The average Bonchev–Trinajstić information content (AvgIpc) is 3.02. The van der Waals surface area contributed by atoms with Crippen molar-refractivity contribution in [2.75, 3.05) is 0 Å². The Morgan fingerprint density at radius 1 is 1.33 bits per heavy atom. The summed E-state index contributed by atoms with van der Waals surface area (Å²) in [4.78, 5) is 20.6. The van der Waals surface area contributed by atoms with Gasteiger partial charge in [-0.1, -0.05) is 26.0 Å². The van der Waals surface area contributed by atoms with Crippen LogP contribution in [0, 0.1) is 9.87 Å². The standard InChI is InChI=1S/C16H15N3O3S2/c1-8(2)13(15(21)22)19-14(20)11(24-16(19)23)7-12-17-9-5-3-4-6-10(9)18-12/h3-8,13,20H,1-2H3,(H,21,22)/p-1/t13-/m0/s1. The molecule has 0 saturated carbocycles. The molecule has 2 heterocycles. The molecule has 0 saturated heterocycles. The fourth-order valence-electron chi connectivity index (χ4n) is 2.52. The van der Waals surface area contributed by atoms with Gasteiger partial charge in [0, 0.05) is 6.08 Å². The van der Waals surface area contributed by atoms with Crippen molar-refractivity contribution >= 4 is 35.6 Å². The minimum absolute atomic E-state index is 0.207.